The van der Waals surface area contributed by atoms with Crippen molar-refractivity contribution in [3.63, 3.8) is 0 Å². The Morgan fingerprint density at radius 2 is 2.11 bits per heavy atom. The molecule has 0 aromatic carbocycles. The van der Waals surface area contributed by atoms with Crippen molar-refractivity contribution >= 4 is 5.97 Å². The van der Waals surface area contributed by atoms with Gasteiger partial charge in [-0.25, -0.2) is 4.68 Å². The zero-order chi connectivity index (χ0) is 13.9. The van der Waals surface area contributed by atoms with Gasteiger partial charge in [0.15, 0.2) is 5.82 Å². The van der Waals surface area contributed by atoms with Gasteiger partial charge in [0.1, 0.15) is 0 Å². The van der Waals surface area contributed by atoms with Crippen LogP contribution in [0.15, 0.2) is 0 Å². The number of carbonyl (C=O) groups is 1. The van der Waals surface area contributed by atoms with Gasteiger partial charge in [-0.3, -0.25) is 4.79 Å². The van der Waals surface area contributed by atoms with Gasteiger partial charge in [-0.1, -0.05) is 33.1 Å². The van der Waals surface area contributed by atoms with E-state index in [1.807, 2.05) is 6.92 Å². The zero-order valence-electron chi connectivity index (χ0n) is 11.7. The summed E-state index contributed by atoms with van der Waals surface area (Å²) in [5, 5.41) is 21.0. The third kappa shape index (κ3) is 2.93. The number of carboxylic acid groups (broad SMARTS) is 1. The van der Waals surface area contributed by atoms with Crippen LogP contribution in [0.4, 0.5) is 0 Å². The molecule has 6 nitrogen and oxygen atoms in total. The molecule has 1 aliphatic rings. The second kappa shape index (κ2) is 5.67. The summed E-state index contributed by atoms with van der Waals surface area (Å²) in [4.78, 5) is 10.9. The van der Waals surface area contributed by atoms with Gasteiger partial charge in [-0.05, 0) is 29.7 Å². The van der Waals surface area contributed by atoms with Gasteiger partial charge in [-0.2, -0.15) is 0 Å². The van der Waals surface area contributed by atoms with E-state index >= 15 is 0 Å². The number of aliphatic carboxylic acids is 1. The molecule has 1 aromatic heterocycles. The van der Waals surface area contributed by atoms with Gasteiger partial charge in [0, 0.05) is 5.41 Å². The van der Waals surface area contributed by atoms with Crippen LogP contribution in [0.5, 0.6) is 0 Å². The first kappa shape index (κ1) is 14.0. The summed E-state index contributed by atoms with van der Waals surface area (Å²) in [6.45, 7) is 4.17. The Hall–Kier alpha value is -1.46. The first-order chi connectivity index (χ1) is 9.07. The number of rotatable bonds is 5. The molecule has 19 heavy (non-hydrogen) atoms. The van der Waals surface area contributed by atoms with Crippen LogP contribution in [-0.4, -0.2) is 31.3 Å². The molecule has 6 heteroatoms. The lowest BCUT2D eigenvalue weighted by atomic mass is 9.75. The van der Waals surface area contributed by atoms with Crippen molar-refractivity contribution in [2.24, 2.45) is 0 Å². The van der Waals surface area contributed by atoms with Crippen LogP contribution in [0.1, 0.15) is 70.7 Å². The molecule has 1 aliphatic carbocycles. The highest BCUT2D eigenvalue weighted by Crippen LogP contribution is 2.38. The van der Waals surface area contributed by atoms with Crippen molar-refractivity contribution in [1.82, 2.24) is 20.2 Å². The Balaban J connectivity index is 2.27. The van der Waals surface area contributed by atoms with E-state index in [1.165, 1.54) is 19.3 Å². The van der Waals surface area contributed by atoms with Crippen molar-refractivity contribution in [3.8, 4) is 0 Å². The molecule has 1 aromatic rings. The van der Waals surface area contributed by atoms with Crippen molar-refractivity contribution in [1.29, 1.82) is 0 Å². The average Bonchev–Trinajstić information content (AvgIpc) is 2.86. The number of tetrazole rings is 1. The van der Waals surface area contributed by atoms with Crippen LogP contribution in [0.25, 0.3) is 0 Å². The van der Waals surface area contributed by atoms with Gasteiger partial charge in [0.25, 0.3) is 0 Å². The lowest BCUT2D eigenvalue weighted by Crippen LogP contribution is -2.31. The topological polar surface area (TPSA) is 80.9 Å². The van der Waals surface area contributed by atoms with Crippen LogP contribution >= 0.6 is 0 Å². The number of hydrogen-bond acceptors (Lipinski definition) is 4. The highest BCUT2D eigenvalue weighted by Gasteiger charge is 2.35. The quantitative estimate of drug-likeness (QED) is 0.884. The Kier molecular flexibility index (Phi) is 4.17. The lowest BCUT2D eigenvalue weighted by molar-refractivity contribution is -0.138. The van der Waals surface area contributed by atoms with E-state index in [9.17, 15) is 4.79 Å². The Morgan fingerprint density at radius 3 is 2.68 bits per heavy atom. The van der Waals surface area contributed by atoms with E-state index in [2.05, 4.69) is 22.4 Å². The molecule has 0 saturated heterocycles. The molecule has 0 spiro atoms. The fourth-order valence-electron chi connectivity index (χ4n) is 3.00. The molecule has 106 valence electrons. The number of aromatic nitrogens is 4. The maximum Gasteiger partial charge on any atom is 0.305 e. The molecule has 0 amide bonds. The summed E-state index contributed by atoms with van der Waals surface area (Å²) < 4.78 is 1.75. The predicted molar refractivity (Wildman–Crippen MR) is 69.8 cm³/mol. The van der Waals surface area contributed by atoms with E-state index in [1.54, 1.807) is 4.68 Å². The second-order valence-corrected chi connectivity index (χ2v) is 5.73. The van der Waals surface area contributed by atoms with Crippen LogP contribution in [-0.2, 0) is 10.2 Å². The fourth-order valence-corrected chi connectivity index (χ4v) is 3.00. The van der Waals surface area contributed by atoms with E-state index in [4.69, 9.17) is 5.11 Å². The summed E-state index contributed by atoms with van der Waals surface area (Å²) in [6, 6.07) is -0.152. The smallest absolute Gasteiger partial charge is 0.305 e. The molecule has 1 atom stereocenters. The molecule has 1 saturated carbocycles. The minimum absolute atomic E-state index is 0.00628. The molecule has 1 N–H and O–H groups in total. The predicted octanol–water partition coefficient (Wildman–Crippen LogP) is 2.32. The van der Waals surface area contributed by atoms with Gasteiger partial charge < -0.3 is 5.11 Å². The second-order valence-electron chi connectivity index (χ2n) is 5.73. The van der Waals surface area contributed by atoms with E-state index in [0.29, 0.717) is 0 Å². The highest BCUT2D eigenvalue weighted by atomic mass is 16.4. The molecule has 0 aliphatic heterocycles. The van der Waals surface area contributed by atoms with E-state index in [-0.39, 0.29) is 17.9 Å². The van der Waals surface area contributed by atoms with Crippen LogP contribution in [0, 0.1) is 0 Å². The first-order valence-electron chi connectivity index (χ1n) is 7.07. The molecule has 0 radical (unpaired) electrons. The highest BCUT2D eigenvalue weighted by molar-refractivity contribution is 5.67. The van der Waals surface area contributed by atoms with E-state index in [0.717, 1.165) is 25.1 Å². The molecule has 2 rings (SSSR count). The van der Waals surface area contributed by atoms with Crippen molar-refractivity contribution in [2.45, 2.75) is 70.3 Å². The summed E-state index contributed by atoms with van der Waals surface area (Å²) in [7, 11) is 0. The largest absolute Gasteiger partial charge is 0.481 e. The standard InChI is InChI=1S/C13H22N4O2/c1-3-10(9-11(18)19)17-12(14-15-16-17)13(2)7-5-4-6-8-13/h10H,3-9H2,1-2H3,(H,18,19). The summed E-state index contributed by atoms with van der Waals surface area (Å²) in [5.74, 6) is 0.0578. The molecule has 1 heterocycles. The van der Waals surface area contributed by atoms with Crippen molar-refractivity contribution < 1.29 is 9.90 Å². The van der Waals surface area contributed by atoms with Gasteiger partial charge in [0.05, 0.1) is 12.5 Å². The van der Waals surface area contributed by atoms with Crippen LogP contribution < -0.4 is 0 Å². The third-order valence-electron chi connectivity index (χ3n) is 4.22. The summed E-state index contributed by atoms with van der Waals surface area (Å²) >= 11 is 0. The Bertz CT molecular complexity index is 438. The SMILES string of the molecule is CCC(CC(=O)O)n1nnnc1C1(C)CCCCC1. The average molecular weight is 266 g/mol. The maximum atomic E-state index is 10.9. The zero-order valence-corrected chi connectivity index (χ0v) is 11.7. The first-order valence-corrected chi connectivity index (χ1v) is 7.07. The van der Waals surface area contributed by atoms with E-state index < -0.39 is 5.97 Å². The summed E-state index contributed by atoms with van der Waals surface area (Å²) in [5.41, 5.74) is -0.00628. The van der Waals surface area contributed by atoms with Crippen molar-refractivity contribution in [2.75, 3.05) is 0 Å². The van der Waals surface area contributed by atoms with Crippen molar-refractivity contribution in [3.05, 3.63) is 5.82 Å². The number of hydrogen-bond donors (Lipinski definition) is 1. The van der Waals surface area contributed by atoms with Gasteiger partial charge >= 0.3 is 5.97 Å². The van der Waals surface area contributed by atoms with Gasteiger partial charge in [-0.15, -0.1) is 5.10 Å². The maximum absolute atomic E-state index is 10.9. The molecular weight excluding hydrogens is 244 g/mol. The minimum atomic E-state index is -0.804. The normalized spacial score (nSPS) is 20.1. The lowest BCUT2D eigenvalue weighted by Gasteiger charge is -2.33. The molecule has 1 fully saturated rings. The Morgan fingerprint density at radius 1 is 1.42 bits per heavy atom. The number of nitrogens with zero attached hydrogens (tertiary/aromatic N) is 4. The van der Waals surface area contributed by atoms with Crippen LogP contribution in [0.3, 0.4) is 0 Å². The minimum Gasteiger partial charge on any atom is -0.481 e. The Labute approximate surface area is 113 Å². The summed E-state index contributed by atoms with van der Waals surface area (Å²) in [6.07, 6.45) is 6.61. The number of carboxylic acids is 1. The molecule has 0 bridgehead atoms. The monoisotopic (exact) mass is 266 g/mol. The van der Waals surface area contributed by atoms with Crippen LogP contribution in [0.2, 0.25) is 0 Å². The molecular formula is C13H22N4O2. The van der Waals surface area contributed by atoms with Gasteiger partial charge in [0.2, 0.25) is 0 Å². The third-order valence-corrected chi connectivity index (χ3v) is 4.22. The fraction of sp³-hybridized carbons (Fsp3) is 0.846. The molecule has 1 unspecified atom stereocenters.